The van der Waals surface area contributed by atoms with Gasteiger partial charge in [0.1, 0.15) is 0 Å². The predicted molar refractivity (Wildman–Crippen MR) is 76.3 cm³/mol. The lowest BCUT2D eigenvalue weighted by atomic mass is 10.1. The van der Waals surface area contributed by atoms with Crippen LogP contribution >= 0.6 is 0 Å². The number of carbonyl (C=O) groups excluding carboxylic acids is 1. The highest BCUT2D eigenvalue weighted by Gasteiger charge is 2.13. The van der Waals surface area contributed by atoms with Crippen molar-refractivity contribution in [3.05, 3.63) is 29.3 Å². The number of urea groups is 1. The van der Waals surface area contributed by atoms with Crippen molar-refractivity contribution in [2.45, 2.75) is 19.8 Å². The van der Waals surface area contributed by atoms with Gasteiger partial charge < -0.3 is 20.5 Å². The van der Waals surface area contributed by atoms with Crippen LogP contribution in [-0.2, 0) is 4.74 Å². The summed E-state index contributed by atoms with van der Waals surface area (Å²) in [7, 11) is 1.63. The lowest BCUT2D eigenvalue weighted by Gasteiger charge is -2.12. The van der Waals surface area contributed by atoms with Crippen molar-refractivity contribution in [1.82, 2.24) is 5.32 Å². The molecule has 0 heterocycles. The van der Waals surface area contributed by atoms with Crippen molar-refractivity contribution < 1.29 is 19.4 Å². The van der Waals surface area contributed by atoms with Gasteiger partial charge in [-0.25, -0.2) is 9.59 Å². The number of nitrogens with one attached hydrogen (secondary N) is 2. The summed E-state index contributed by atoms with van der Waals surface area (Å²) in [4.78, 5) is 22.8. The first kappa shape index (κ1) is 16.0. The molecule has 0 spiro atoms. The van der Waals surface area contributed by atoms with Gasteiger partial charge in [0.2, 0.25) is 0 Å². The quantitative estimate of drug-likeness (QED) is 0.668. The van der Waals surface area contributed by atoms with E-state index in [0.717, 1.165) is 12.8 Å². The second-order valence-electron chi connectivity index (χ2n) is 4.38. The zero-order valence-corrected chi connectivity index (χ0v) is 11.7. The molecule has 0 aliphatic carbocycles. The molecule has 0 aliphatic heterocycles. The minimum absolute atomic E-state index is 0.0829. The lowest BCUT2D eigenvalue weighted by molar-refractivity contribution is 0.0698. The number of ether oxygens (including phenoxy) is 1. The van der Waals surface area contributed by atoms with Crippen molar-refractivity contribution in [3.63, 3.8) is 0 Å². The summed E-state index contributed by atoms with van der Waals surface area (Å²) in [5, 5.41) is 14.4. The maximum absolute atomic E-state index is 11.7. The van der Waals surface area contributed by atoms with Crippen LogP contribution in [0, 0.1) is 6.92 Å². The molecule has 0 bridgehead atoms. The number of amides is 2. The molecule has 0 saturated carbocycles. The molecule has 6 heteroatoms. The monoisotopic (exact) mass is 280 g/mol. The Bertz CT molecular complexity index is 474. The number of unbranched alkanes of at least 4 members (excludes halogenated alkanes) is 1. The molecule has 20 heavy (non-hydrogen) atoms. The molecule has 1 rings (SSSR count). The average Bonchev–Trinajstić information content (AvgIpc) is 2.40. The van der Waals surface area contributed by atoms with Gasteiger partial charge in [-0.05, 0) is 31.4 Å². The lowest BCUT2D eigenvalue weighted by Crippen LogP contribution is -2.30. The third-order valence-electron chi connectivity index (χ3n) is 2.80. The van der Waals surface area contributed by atoms with Crippen LogP contribution in [0.2, 0.25) is 0 Å². The number of carbonyl (C=O) groups is 2. The largest absolute Gasteiger partial charge is 0.478 e. The molecular weight excluding hydrogens is 260 g/mol. The number of rotatable bonds is 7. The van der Waals surface area contributed by atoms with Crippen molar-refractivity contribution >= 4 is 17.7 Å². The Morgan fingerprint density at radius 3 is 2.70 bits per heavy atom. The molecule has 0 aromatic heterocycles. The van der Waals surface area contributed by atoms with Gasteiger partial charge >= 0.3 is 12.0 Å². The van der Waals surface area contributed by atoms with E-state index in [1.54, 1.807) is 26.2 Å². The third kappa shape index (κ3) is 4.89. The molecule has 0 fully saturated rings. The smallest absolute Gasteiger partial charge is 0.337 e. The maximum atomic E-state index is 11.7. The first-order valence-corrected chi connectivity index (χ1v) is 6.43. The standard InChI is InChI=1S/C14H20N2O4/c1-10-6-5-7-11(13(17)18)12(10)16-14(19)15-8-3-4-9-20-2/h5-7H,3-4,8-9H2,1-2H3,(H,17,18)(H2,15,16,19). The number of benzene rings is 1. The molecular formula is C14H20N2O4. The third-order valence-corrected chi connectivity index (χ3v) is 2.80. The zero-order chi connectivity index (χ0) is 15.0. The van der Waals surface area contributed by atoms with Crippen molar-refractivity contribution in [2.24, 2.45) is 0 Å². The van der Waals surface area contributed by atoms with E-state index in [0.29, 0.717) is 24.4 Å². The van der Waals surface area contributed by atoms with Gasteiger partial charge in [0, 0.05) is 20.3 Å². The fourth-order valence-electron chi connectivity index (χ4n) is 1.74. The Hall–Kier alpha value is -2.08. The Labute approximate surface area is 118 Å². The number of hydrogen-bond acceptors (Lipinski definition) is 3. The van der Waals surface area contributed by atoms with E-state index in [-0.39, 0.29) is 5.56 Å². The number of carboxylic acids is 1. The summed E-state index contributed by atoms with van der Waals surface area (Å²) >= 11 is 0. The molecule has 1 aromatic rings. The highest BCUT2D eigenvalue weighted by atomic mass is 16.5. The van der Waals surface area contributed by atoms with Crippen LogP contribution in [0.1, 0.15) is 28.8 Å². The number of hydrogen-bond donors (Lipinski definition) is 3. The second-order valence-corrected chi connectivity index (χ2v) is 4.38. The number of aryl methyl sites for hydroxylation is 1. The average molecular weight is 280 g/mol. The minimum Gasteiger partial charge on any atom is -0.478 e. The zero-order valence-electron chi connectivity index (χ0n) is 11.7. The summed E-state index contributed by atoms with van der Waals surface area (Å²) in [5.41, 5.74) is 1.12. The molecule has 6 nitrogen and oxygen atoms in total. The summed E-state index contributed by atoms with van der Waals surface area (Å²) in [5.74, 6) is -1.07. The highest BCUT2D eigenvalue weighted by Crippen LogP contribution is 2.20. The first-order chi connectivity index (χ1) is 9.56. The molecule has 0 unspecified atom stereocenters. The van der Waals surface area contributed by atoms with Crippen LogP contribution in [-0.4, -0.2) is 37.4 Å². The fourth-order valence-corrected chi connectivity index (χ4v) is 1.74. The number of para-hydroxylation sites is 1. The minimum atomic E-state index is -1.07. The van der Waals surface area contributed by atoms with Gasteiger partial charge in [0.25, 0.3) is 0 Å². The molecule has 1 aromatic carbocycles. The van der Waals surface area contributed by atoms with Gasteiger partial charge in [0.05, 0.1) is 11.3 Å². The number of anilines is 1. The Balaban J connectivity index is 2.55. The van der Waals surface area contributed by atoms with Gasteiger partial charge in [-0.1, -0.05) is 12.1 Å². The van der Waals surface area contributed by atoms with Gasteiger partial charge in [0.15, 0.2) is 0 Å². The molecule has 3 N–H and O–H groups in total. The fraction of sp³-hybridized carbons (Fsp3) is 0.429. The van der Waals surface area contributed by atoms with Crippen LogP contribution < -0.4 is 10.6 Å². The Kier molecular flexibility index (Phi) is 6.52. The maximum Gasteiger partial charge on any atom is 0.337 e. The van der Waals surface area contributed by atoms with E-state index in [1.165, 1.54) is 6.07 Å². The Morgan fingerprint density at radius 1 is 1.30 bits per heavy atom. The number of aromatic carboxylic acids is 1. The Morgan fingerprint density at radius 2 is 2.05 bits per heavy atom. The number of methoxy groups -OCH3 is 1. The molecule has 0 atom stereocenters. The van der Waals surface area contributed by atoms with Crippen molar-refractivity contribution in [2.75, 3.05) is 25.6 Å². The van der Waals surface area contributed by atoms with E-state index in [2.05, 4.69) is 10.6 Å². The van der Waals surface area contributed by atoms with E-state index >= 15 is 0 Å². The van der Waals surface area contributed by atoms with Crippen LogP contribution in [0.5, 0.6) is 0 Å². The van der Waals surface area contributed by atoms with E-state index in [1.807, 2.05) is 0 Å². The second kappa shape index (κ2) is 8.16. The topological polar surface area (TPSA) is 87.7 Å². The van der Waals surface area contributed by atoms with Crippen LogP contribution in [0.15, 0.2) is 18.2 Å². The van der Waals surface area contributed by atoms with Crippen LogP contribution in [0.25, 0.3) is 0 Å². The van der Waals surface area contributed by atoms with Crippen LogP contribution in [0.4, 0.5) is 10.5 Å². The SMILES string of the molecule is COCCCCNC(=O)Nc1c(C)cccc1C(=O)O. The molecule has 0 saturated heterocycles. The first-order valence-electron chi connectivity index (χ1n) is 6.43. The predicted octanol–water partition coefficient (Wildman–Crippen LogP) is 2.24. The van der Waals surface area contributed by atoms with E-state index < -0.39 is 12.0 Å². The van der Waals surface area contributed by atoms with E-state index in [4.69, 9.17) is 9.84 Å². The molecule has 0 aliphatic rings. The van der Waals surface area contributed by atoms with E-state index in [9.17, 15) is 9.59 Å². The normalized spacial score (nSPS) is 10.1. The number of carboxylic acid groups (broad SMARTS) is 1. The van der Waals surface area contributed by atoms with Crippen LogP contribution in [0.3, 0.4) is 0 Å². The van der Waals surface area contributed by atoms with Crippen molar-refractivity contribution in [3.8, 4) is 0 Å². The molecule has 110 valence electrons. The summed E-state index contributed by atoms with van der Waals surface area (Å²) in [6.45, 7) is 2.92. The highest BCUT2D eigenvalue weighted by molar-refractivity contribution is 6.00. The van der Waals surface area contributed by atoms with Gasteiger partial charge in [-0.15, -0.1) is 0 Å². The van der Waals surface area contributed by atoms with Crippen molar-refractivity contribution in [1.29, 1.82) is 0 Å². The molecule has 0 radical (unpaired) electrons. The van der Waals surface area contributed by atoms with Gasteiger partial charge in [-0.2, -0.15) is 0 Å². The van der Waals surface area contributed by atoms with Gasteiger partial charge in [-0.3, -0.25) is 0 Å². The summed E-state index contributed by atoms with van der Waals surface area (Å²) < 4.78 is 4.91. The summed E-state index contributed by atoms with van der Waals surface area (Å²) in [6, 6.07) is 4.45. The molecule has 2 amide bonds. The summed E-state index contributed by atoms with van der Waals surface area (Å²) in [6.07, 6.45) is 1.67.